The van der Waals surface area contributed by atoms with Crippen LogP contribution in [0, 0.1) is 23.3 Å². The normalized spacial score (nSPS) is 16.5. The predicted octanol–water partition coefficient (Wildman–Crippen LogP) is 7.37. The number of halogens is 4. The summed E-state index contributed by atoms with van der Waals surface area (Å²) in [6.45, 7) is 2.38. The Morgan fingerprint density at radius 2 is 1.93 bits per heavy atom. The minimum atomic E-state index is -1.33. The number of H-pyrrole nitrogens is 2. The number of rotatable bonds is 7. The molecule has 0 spiro atoms. The summed E-state index contributed by atoms with van der Waals surface area (Å²) in [5, 5.41) is 9.04. The van der Waals surface area contributed by atoms with Crippen LogP contribution in [-0.2, 0) is 16.6 Å². The highest BCUT2D eigenvalue weighted by Crippen LogP contribution is 2.45. The van der Waals surface area contributed by atoms with E-state index in [1.165, 1.54) is 30.5 Å². The molecule has 3 aromatic carbocycles. The zero-order chi connectivity index (χ0) is 28.9. The van der Waals surface area contributed by atoms with E-state index in [1.54, 1.807) is 6.20 Å². The van der Waals surface area contributed by atoms with E-state index in [9.17, 15) is 13.6 Å². The molecule has 1 aliphatic heterocycles. The second kappa shape index (κ2) is 10.3. The van der Waals surface area contributed by atoms with Crippen LogP contribution in [0.1, 0.15) is 36.6 Å². The lowest BCUT2D eigenvalue weighted by Crippen LogP contribution is -2.32. The molecule has 210 valence electrons. The van der Waals surface area contributed by atoms with Crippen LogP contribution in [0.25, 0.3) is 22.3 Å². The van der Waals surface area contributed by atoms with Crippen molar-refractivity contribution in [3.63, 3.8) is 0 Å². The summed E-state index contributed by atoms with van der Waals surface area (Å²) in [4.78, 5) is 21.1. The Labute approximate surface area is 235 Å². The topological polar surface area (TPSA) is 91.0 Å². The van der Waals surface area contributed by atoms with Gasteiger partial charge in [-0.05, 0) is 49.6 Å². The predicted molar refractivity (Wildman–Crippen MR) is 145 cm³/mol. The Balaban J connectivity index is 1.34. The van der Waals surface area contributed by atoms with E-state index in [2.05, 4.69) is 9.97 Å². The van der Waals surface area contributed by atoms with Gasteiger partial charge in [0.25, 0.3) is 0 Å². The van der Waals surface area contributed by atoms with Crippen molar-refractivity contribution in [3.8, 4) is 17.1 Å². The number of ether oxygens (including phenoxy) is 1. The average molecular weight is 582 g/mol. The molecule has 0 bridgehead atoms. The zero-order valence-corrected chi connectivity index (χ0v) is 22.5. The molecule has 0 saturated heterocycles. The molecule has 0 radical (unpaired) electrons. The molecule has 5 aromatic rings. The number of carboxylic acids is 1. The standard InChI is InChI=1S/C30H23F4N3O3S/c1-30(10-12-40-27-15(5-8-22(38)39)3-2-4-19(27)30)21-14-36-29(37-21)18-13-16(6-7-20(18)31)41-28-23(32)17-9-11-35-26(17)24(33)25(28)34/h2-4,6-7,9,11,13-14,35H,5,8,10,12H2,1H3,(H,36,37)(H,38,39)/t30-/m0/s1. The lowest BCUT2D eigenvalue weighted by molar-refractivity contribution is -0.136. The second-order valence-corrected chi connectivity index (χ2v) is 11.1. The number of carbonyl (C=O) groups is 1. The third-order valence-electron chi connectivity index (χ3n) is 7.50. The molecule has 3 N–H and O–H groups in total. The van der Waals surface area contributed by atoms with Crippen LogP contribution in [0.3, 0.4) is 0 Å². The van der Waals surface area contributed by atoms with Gasteiger partial charge in [0.15, 0.2) is 11.6 Å². The number of para-hydroxylation sites is 1. The van der Waals surface area contributed by atoms with Crippen LogP contribution < -0.4 is 4.74 Å². The first-order chi connectivity index (χ1) is 19.7. The third-order valence-corrected chi connectivity index (χ3v) is 8.55. The number of aryl methyl sites for hydroxylation is 1. The van der Waals surface area contributed by atoms with Crippen LogP contribution in [-0.4, -0.2) is 32.6 Å². The summed E-state index contributed by atoms with van der Waals surface area (Å²) in [5.41, 5.74) is 1.47. The van der Waals surface area contributed by atoms with Gasteiger partial charge < -0.3 is 19.8 Å². The Hall–Kier alpha value is -4.25. The molecule has 0 fully saturated rings. The summed E-state index contributed by atoms with van der Waals surface area (Å²) in [7, 11) is 0. The fourth-order valence-electron chi connectivity index (χ4n) is 5.25. The van der Waals surface area contributed by atoms with Crippen molar-refractivity contribution >= 4 is 28.6 Å². The van der Waals surface area contributed by atoms with Gasteiger partial charge in [-0.25, -0.2) is 22.5 Å². The number of aromatic amines is 2. The van der Waals surface area contributed by atoms with Gasteiger partial charge in [-0.2, -0.15) is 0 Å². The van der Waals surface area contributed by atoms with Crippen molar-refractivity contribution in [2.24, 2.45) is 0 Å². The molecule has 0 saturated carbocycles. The fourth-order valence-corrected chi connectivity index (χ4v) is 6.17. The van der Waals surface area contributed by atoms with Crippen LogP contribution in [0.15, 0.2) is 64.6 Å². The molecule has 3 heterocycles. The van der Waals surface area contributed by atoms with Gasteiger partial charge >= 0.3 is 5.97 Å². The molecule has 1 atom stereocenters. The maximum absolute atomic E-state index is 15.0. The maximum atomic E-state index is 15.0. The van der Waals surface area contributed by atoms with Crippen LogP contribution in [0.4, 0.5) is 17.6 Å². The Bertz CT molecular complexity index is 1820. The molecule has 6 nitrogen and oxygen atoms in total. The SMILES string of the molecule is C[C@]1(c2c[nH]c(-c3cc(Sc4c(F)c(F)c5[nH]ccc5c4F)ccc3F)n2)CCOc2c(CCC(=O)O)cccc21. The molecule has 1 aliphatic rings. The third kappa shape index (κ3) is 4.63. The molecule has 6 rings (SSSR count). The van der Waals surface area contributed by atoms with E-state index in [4.69, 9.17) is 14.8 Å². The number of nitrogens with one attached hydrogen (secondary N) is 2. The van der Waals surface area contributed by atoms with E-state index in [1.807, 2.05) is 25.1 Å². The summed E-state index contributed by atoms with van der Waals surface area (Å²) < 4.78 is 65.3. The highest BCUT2D eigenvalue weighted by Gasteiger charge is 2.38. The first-order valence-electron chi connectivity index (χ1n) is 12.8. The highest BCUT2D eigenvalue weighted by atomic mass is 32.2. The number of nitrogens with zero attached hydrogens (tertiary/aromatic N) is 1. The lowest BCUT2D eigenvalue weighted by atomic mass is 9.74. The summed E-state index contributed by atoms with van der Waals surface area (Å²) in [6, 6.07) is 10.9. The van der Waals surface area contributed by atoms with Crippen molar-refractivity contribution in [2.45, 2.75) is 41.4 Å². The molecule has 11 heteroatoms. The quantitative estimate of drug-likeness (QED) is 0.138. The monoisotopic (exact) mass is 581 g/mol. The average Bonchev–Trinajstić information content (AvgIpc) is 3.65. The zero-order valence-electron chi connectivity index (χ0n) is 21.7. The number of aliphatic carboxylic acids is 1. The molecular weight excluding hydrogens is 558 g/mol. The Morgan fingerprint density at radius 3 is 2.73 bits per heavy atom. The molecular formula is C30H23F4N3O3S. The van der Waals surface area contributed by atoms with Gasteiger partial charge in [0.2, 0.25) is 0 Å². The largest absolute Gasteiger partial charge is 0.493 e. The van der Waals surface area contributed by atoms with E-state index in [-0.39, 0.29) is 33.6 Å². The molecule has 0 unspecified atom stereocenters. The minimum absolute atomic E-state index is 0.0316. The van der Waals surface area contributed by atoms with Gasteiger partial charge in [0.1, 0.15) is 23.2 Å². The number of imidazole rings is 1. The molecule has 0 amide bonds. The number of aromatic nitrogens is 3. The number of carboxylic acid groups (broad SMARTS) is 1. The van der Waals surface area contributed by atoms with E-state index in [0.29, 0.717) is 42.7 Å². The Morgan fingerprint density at radius 1 is 1.10 bits per heavy atom. The summed E-state index contributed by atoms with van der Waals surface area (Å²) in [6.07, 6.45) is 3.87. The molecule has 0 aliphatic carbocycles. The van der Waals surface area contributed by atoms with Crippen molar-refractivity contribution in [2.75, 3.05) is 6.61 Å². The van der Waals surface area contributed by atoms with Gasteiger partial charge in [-0.3, -0.25) is 4.79 Å². The maximum Gasteiger partial charge on any atom is 0.303 e. The fraction of sp³-hybridized carbons (Fsp3) is 0.200. The van der Waals surface area contributed by atoms with Crippen molar-refractivity contribution < 1.29 is 32.2 Å². The number of hydrogen-bond acceptors (Lipinski definition) is 4. The Kier molecular flexibility index (Phi) is 6.77. The van der Waals surface area contributed by atoms with Gasteiger partial charge in [0.05, 0.1) is 28.3 Å². The van der Waals surface area contributed by atoms with Crippen molar-refractivity contribution in [1.29, 1.82) is 0 Å². The smallest absolute Gasteiger partial charge is 0.303 e. The van der Waals surface area contributed by atoms with Crippen LogP contribution >= 0.6 is 11.8 Å². The van der Waals surface area contributed by atoms with Crippen molar-refractivity contribution in [1.82, 2.24) is 15.0 Å². The first kappa shape index (κ1) is 26.9. The number of hydrogen-bond donors (Lipinski definition) is 3. The second-order valence-electron chi connectivity index (χ2n) is 10.0. The highest BCUT2D eigenvalue weighted by molar-refractivity contribution is 7.99. The van der Waals surface area contributed by atoms with Crippen LogP contribution in [0.2, 0.25) is 0 Å². The lowest BCUT2D eigenvalue weighted by Gasteiger charge is -2.35. The van der Waals surface area contributed by atoms with Gasteiger partial charge in [-0.1, -0.05) is 30.0 Å². The van der Waals surface area contributed by atoms with E-state index in [0.717, 1.165) is 11.1 Å². The van der Waals surface area contributed by atoms with E-state index >= 15 is 8.78 Å². The van der Waals surface area contributed by atoms with Crippen molar-refractivity contribution in [3.05, 3.63) is 94.9 Å². The van der Waals surface area contributed by atoms with E-state index < -0.39 is 39.5 Å². The summed E-state index contributed by atoms with van der Waals surface area (Å²) in [5.74, 6) is -4.09. The van der Waals surface area contributed by atoms with Gasteiger partial charge in [-0.15, -0.1) is 0 Å². The minimum Gasteiger partial charge on any atom is -0.493 e. The number of fused-ring (bicyclic) bond motifs is 2. The summed E-state index contributed by atoms with van der Waals surface area (Å²) >= 11 is 0.653. The van der Waals surface area contributed by atoms with Crippen LogP contribution in [0.5, 0.6) is 5.75 Å². The first-order valence-corrected chi connectivity index (χ1v) is 13.6. The van der Waals surface area contributed by atoms with Gasteiger partial charge in [0, 0.05) is 40.1 Å². The number of benzene rings is 3. The molecule has 2 aromatic heterocycles. The molecule has 41 heavy (non-hydrogen) atoms.